The van der Waals surface area contributed by atoms with Gasteiger partial charge < -0.3 is 14.5 Å². The van der Waals surface area contributed by atoms with Gasteiger partial charge in [0.15, 0.2) is 0 Å². The molecule has 2 atom stereocenters. The van der Waals surface area contributed by atoms with Crippen molar-refractivity contribution in [3.8, 4) is 5.75 Å². The van der Waals surface area contributed by atoms with Gasteiger partial charge >= 0.3 is 6.18 Å². The molecule has 5 rings (SSSR count). The first kappa shape index (κ1) is 26.1. The fraction of sp³-hybridized carbons (Fsp3) is 0.367. The zero-order valence-electron chi connectivity index (χ0n) is 21.4. The molecule has 200 valence electrons. The first-order valence-corrected chi connectivity index (χ1v) is 12.9. The first-order chi connectivity index (χ1) is 18.3. The molecule has 0 saturated carbocycles. The number of rotatable bonds is 6. The number of nitrogens with zero attached hydrogens (tertiary/aromatic N) is 3. The van der Waals surface area contributed by atoms with Crippen LogP contribution < -0.4 is 9.64 Å². The van der Waals surface area contributed by atoms with E-state index in [1.54, 1.807) is 12.0 Å². The van der Waals surface area contributed by atoms with Crippen molar-refractivity contribution >= 4 is 11.6 Å². The van der Waals surface area contributed by atoms with Gasteiger partial charge in [0, 0.05) is 63.0 Å². The second-order valence-corrected chi connectivity index (χ2v) is 10.1. The second kappa shape index (κ2) is 11.1. The Kier molecular flexibility index (Phi) is 7.61. The maximum Gasteiger partial charge on any atom is 0.416 e. The third-order valence-corrected chi connectivity index (χ3v) is 7.67. The molecule has 2 unspecified atom stereocenters. The SMILES string of the molecule is COc1cccc(C2CN(C(=O)c3cccc(C(F)(F)F)c3)CC2CN2CCN(c3ccccc3)CC2)c1. The fourth-order valence-electron chi connectivity index (χ4n) is 5.64. The van der Waals surface area contributed by atoms with Crippen molar-refractivity contribution < 1.29 is 22.7 Å². The summed E-state index contributed by atoms with van der Waals surface area (Å²) < 4.78 is 45.3. The quantitative estimate of drug-likeness (QED) is 0.434. The van der Waals surface area contributed by atoms with E-state index in [0.29, 0.717) is 13.1 Å². The standard InChI is InChI=1S/C30H32F3N3O2/c1-38-27-12-6-7-22(18-27)28-21-36(29(37)23-8-5-9-25(17-23)30(31,32)33)20-24(28)19-34-13-15-35(16-14-34)26-10-3-2-4-11-26/h2-12,17-18,24,28H,13-16,19-21H2,1H3. The van der Waals surface area contributed by atoms with E-state index in [1.165, 1.54) is 17.8 Å². The molecule has 0 bridgehead atoms. The van der Waals surface area contributed by atoms with E-state index in [4.69, 9.17) is 4.74 Å². The normalized spacial score (nSPS) is 20.5. The van der Waals surface area contributed by atoms with E-state index in [1.807, 2.05) is 30.3 Å². The summed E-state index contributed by atoms with van der Waals surface area (Å²) in [5.41, 5.74) is 1.57. The van der Waals surface area contributed by atoms with E-state index in [-0.39, 0.29) is 23.3 Å². The van der Waals surface area contributed by atoms with Gasteiger partial charge in [-0.1, -0.05) is 36.4 Å². The van der Waals surface area contributed by atoms with E-state index in [9.17, 15) is 18.0 Å². The Bertz CT molecular complexity index is 1240. The lowest BCUT2D eigenvalue weighted by Gasteiger charge is -2.37. The summed E-state index contributed by atoms with van der Waals surface area (Å²) in [5.74, 6) is 0.605. The van der Waals surface area contributed by atoms with Gasteiger partial charge in [0.25, 0.3) is 5.91 Å². The van der Waals surface area contributed by atoms with Crippen LogP contribution in [0.1, 0.15) is 27.4 Å². The topological polar surface area (TPSA) is 36.0 Å². The molecule has 2 aliphatic heterocycles. The van der Waals surface area contributed by atoms with Gasteiger partial charge in [0.05, 0.1) is 12.7 Å². The van der Waals surface area contributed by atoms with E-state index in [2.05, 4.69) is 34.1 Å². The van der Waals surface area contributed by atoms with Crippen LogP contribution in [0.2, 0.25) is 0 Å². The molecule has 0 spiro atoms. The summed E-state index contributed by atoms with van der Waals surface area (Å²) in [6.45, 7) is 5.44. The molecular weight excluding hydrogens is 491 g/mol. The van der Waals surface area contributed by atoms with Crippen molar-refractivity contribution in [1.29, 1.82) is 0 Å². The van der Waals surface area contributed by atoms with E-state index >= 15 is 0 Å². The van der Waals surface area contributed by atoms with Crippen LogP contribution in [0.3, 0.4) is 0 Å². The van der Waals surface area contributed by atoms with Gasteiger partial charge in [-0.15, -0.1) is 0 Å². The summed E-state index contributed by atoms with van der Waals surface area (Å²) in [6.07, 6.45) is -4.49. The molecule has 3 aromatic rings. The van der Waals surface area contributed by atoms with Crippen LogP contribution in [0.25, 0.3) is 0 Å². The maximum absolute atomic E-state index is 13.4. The lowest BCUT2D eigenvalue weighted by atomic mass is 9.88. The molecule has 2 saturated heterocycles. The molecular formula is C30H32F3N3O2. The highest BCUT2D eigenvalue weighted by Crippen LogP contribution is 2.36. The average Bonchev–Trinajstić information content (AvgIpc) is 3.37. The number of para-hydroxylation sites is 1. The highest BCUT2D eigenvalue weighted by Gasteiger charge is 2.38. The van der Waals surface area contributed by atoms with Crippen LogP contribution >= 0.6 is 0 Å². The summed E-state index contributed by atoms with van der Waals surface area (Å²) in [7, 11) is 1.63. The molecule has 2 aliphatic rings. The molecule has 0 N–H and O–H groups in total. The Morgan fingerprint density at radius 1 is 0.895 bits per heavy atom. The van der Waals surface area contributed by atoms with Crippen LogP contribution in [0, 0.1) is 5.92 Å². The Labute approximate surface area is 221 Å². The number of ether oxygens (including phenoxy) is 1. The summed E-state index contributed by atoms with van der Waals surface area (Å²) in [6, 6.07) is 23.0. The predicted molar refractivity (Wildman–Crippen MR) is 142 cm³/mol. The number of hydrogen-bond acceptors (Lipinski definition) is 4. The number of piperazine rings is 1. The van der Waals surface area contributed by atoms with Crippen LogP contribution in [0.4, 0.5) is 18.9 Å². The number of amides is 1. The minimum absolute atomic E-state index is 0.0620. The summed E-state index contributed by atoms with van der Waals surface area (Å²) in [5, 5.41) is 0. The Morgan fingerprint density at radius 3 is 2.34 bits per heavy atom. The zero-order chi connectivity index (χ0) is 26.7. The predicted octanol–water partition coefficient (Wildman–Crippen LogP) is 5.39. The molecule has 0 aliphatic carbocycles. The number of halogens is 3. The molecule has 0 aromatic heterocycles. The summed E-state index contributed by atoms with van der Waals surface area (Å²) in [4.78, 5) is 19.9. The Morgan fingerprint density at radius 2 is 1.63 bits per heavy atom. The highest BCUT2D eigenvalue weighted by molar-refractivity contribution is 5.94. The van der Waals surface area contributed by atoms with Gasteiger partial charge in [-0.25, -0.2) is 0 Å². The fourth-order valence-corrected chi connectivity index (χ4v) is 5.64. The van der Waals surface area contributed by atoms with Crippen molar-refractivity contribution in [3.05, 3.63) is 95.6 Å². The number of benzene rings is 3. The maximum atomic E-state index is 13.4. The molecule has 1 amide bonds. The lowest BCUT2D eigenvalue weighted by molar-refractivity contribution is -0.137. The van der Waals surface area contributed by atoms with Crippen LogP contribution in [-0.2, 0) is 6.18 Å². The smallest absolute Gasteiger partial charge is 0.416 e. The number of methoxy groups -OCH3 is 1. The van der Waals surface area contributed by atoms with E-state index in [0.717, 1.165) is 56.2 Å². The van der Waals surface area contributed by atoms with Gasteiger partial charge in [0.2, 0.25) is 0 Å². The molecule has 2 fully saturated rings. The average molecular weight is 524 g/mol. The van der Waals surface area contributed by atoms with Crippen molar-refractivity contribution in [2.75, 3.05) is 57.8 Å². The van der Waals surface area contributed by atoms with Crippen molar-refractivity contribution in [1.82, 2.24) is 9.80 Å². The van der Waals surface area contributed by atoms with Crippen molar-refractivity contribution in [2.45, 2.75) is 12.1 Å². The second-order valence-electron chi connectivity index (χ2n) is 10.1. The third-order valence-electron chi connectivity index (χ3n) is 7.67. The van der Waals surface area contributed by atoms with Crippen molar-refractivity contribution in [3.63, 3.8) is 0 Å². The molecule has 5 nitrogen and oxygen atoms in total. The first-order valence-electron chi connectivity index (χ1n) is 12.9. The lowest BCUT2D eigenvalue weighted by Crippen LogP contribution is -2.48. The number of hydrogen-bond donors (Lipinski definition) is 0. The van der Waals surface area contributed by atoms with Crippen LogP contribution in [0.5, 0.6) is 5.75 Å². The van der Waals surface area contributed by atoms with Gasteiger partial charge in [0.1, 0.15) is 5.75 Å². The highest BCUT2D eigenvalue weighted by atomic mass is 19.4. The van der Waals surface area contributed by atoms with Crippen LogP contribution in [0.15, 0.2) is 78.9 Å². The van der Waals surface area contributed by atoms with Crippen LogP contribution in [-0.4, -0.2) is 68.6 Å². The third kappa shape index (κ3) is 5.80. The number of anilines is 1. The van der Waals surface area contributed by atoms with Gasteiger partial charge in [-0.05, 0) is 53.9 Å². The molecule has 3 aromatic carbocycles. The molecule has 8 heteroatoms. The molecule has 0 radical (unpaired) electrons. The summed E-state index contributed by atoms with van der Waals surface area (Å²) >= 11 is 0. The largest absolute Gasteiger partial charge is 0.497 e. The Hall–Kier alpha value is -3.52. The minimum atomic E-state index is -4.49. The zero-order valence-corrected chi connectivity index (χ0v) is 21.4. The van der Waals surface area contributed by atoms with Crippen molar-refractivity contribution in [2.24, 2.45) is 5.92 Å². The monoisotopic (exact) mass is 523 g/mol. The number of likely N-dealkylation sites (tertiary alicyclic amines) is 1. The molecule has 38 heavy (non-hydrogen) atoms. The van der Waals surface area contributed by atoms with Gasteiger partial charge in [-0.2, -0.15) is 13.2 Å². The number of carbonyl (C=O) groups excluding carboxylic acids is 1. The number of alkyl halides is 3. The Balaban J connectivity index is 1.33. The number of carbonyl (C=O) groups is 1. The van der Waals surface area contributed by atoms with Gasteiger partial charge in [-0.3, -0.25) is 9.69 Å². The molecule has 2 heterocycles. The van der Waals surface area contributed by atoms with E-state index < -0.39 is 11.7 Å². The minimum Gasteiger partial charge on any atom is -0.497 e.